The van der Waals surface area contributed by atoms with Crippen molar-refractivity contribution >= 4 is 10.0 Å². The van der Waals surface area contributed by atoms with E-state index in [1.165, 1.54) is 4.31 Å². The monoisotopic (exact) mass is 293 g/mol. The average Bonchev–Trinajstić information content (AvgIpc) is 2.82. The zero-order chi connectivity index (χ0) is 14.8. The van der Waals surface area contributed by atoms with E-state index in [1.807, 2.05) is 32.9 Å². The second-order valence-electron chi connectivity index (χ2n) is 4.97. The summed E-state index contributed by atoms with van der Waals surface area (Å²) in [5.41, 5.74) is 0. The van der Waals surface area contributed by atoms with Gasteiger partial charge in [-0.15, -0.1) is 0 Å². The van der Waals surface area contributed by atoms with E-state index in [1.54, 1.807) is 30.3 Å². The van der Waals surface area contributed by atoms with Crippen LogP contribution in [0.1, 0.15) is 25.4 Å². The van der Waals surface area contributed by atoms with Gasteiger partial charge < -0.3 is 4.42 Å². The molecule has 0 aliphatic rings. The van der Waals surface area contributed by atoms with Gasteiger partial charge in [-0.2, -0.15) is 4.31 Å². The maximum absolute atomic E-state index is 12.7. The maximum atomic E-state index is 12.7. The standard InChI is InChI=1S/C15H19NO3S/c1-12(2)16(11-14-10-9-13(3)19-14)20(17,18)15-7-5-4-6-8-15/h4-10,12H,11H2,1-3H3. The van der Waals surface area contributed by atoms with Crippen LogP contribution in [0.25, 0.3) is 0 Å². The SMILES string of the molecule is Cc1ccc(CN(C(C)C)S(=O)(=O)c2ccccc2)o1. The Hall–Kier alpha value is -1.59. The Morgan fingerprint density at radius 1 is 1.10 bits per heavy atom. The highest BCUT2D eigenvalue weighted by atomic mass is 32.2. The molecule has 20 heavy (non-hydrogen) atoms. The van der Waals surface area contributed by atoms with Crippen molar-refractivity contribution in [2.45, 2.75) is 38.3 Å². The van der Waals surface area contributed by atoms with Gasteiger partial charge in [0.05, 0.1) is 11.4 Å². The van der Waals surface area contributed by atoms with Gasteiger partial charge in [-0.3, -0.25) is 0 Å². The van der Waals surface area contributed by atoms with E-state index in [2.05, 4.69) is 0 Å². The molecule has 2 rings (SSSR count). The van der Waals surface area contributed by atoms with Crippen LogP contribution in [0.5, 0.6) is 0 Å². The van der Waals surface area contributed by atoms with Crippen molar-refractivity contribution < 1.29 is 12.8 Å². The lowest BCUT2D eigenvalue weighted by molar-refractivity contribution is 0.314. The molecule has 0 fully saturated rings. The number of hydrogen-bond acceptors (Lipinski definition) is 3. The van der Waals surface area contributed by atoms with E-state index >= 15 is 0 Å². The number of rotatable bonds is 5. The van der Waals surface area contributed by atoms with Crippen molar-refractivity contribution in [3.63, 3.8) is 0 Å². The minimum atomic E-state index is -3.52. The van der Waals surface area contributed by atoms with Crippen molar-refractivity contribution in [2.24, 2.45) is 0 Å². The lowest BCUT2D eigenvalue weighted by Gasteiger charge is -2.25. The highest BCUT2D eigenvalue weighted by molar-refractivity contribution is 7.89. The van der Waals surface area contributed by atoms with Gasteiger partial charge in [-0.1, -0.05) is 18.2 Å². The van der Waals surface area contributed by atoms with E-state index < -0.39 is 10.0 Å². The van der Waals surface area contributed by atoms with Crippen LogP contribution in [0.15, 0.2) is 51.8 Å². The van der Waals surface area contributed by atoms with Crippen LogP contribution in [-0.2, 0) is 16.6 Å². The van der Waals surface area contributed by atoms with Crippen molar-refractivity contribution in [1.82, 2.24) is 4.31 Å². The van der Waals surface area contributed by atoms with Gasteiger partial charge in [0.15, 0.2) is 0 Å². The normalized spacial score (nSPS) is 12.2. The Morgan fingerprint density at radius 3 is 2.25 bits per heavy atom. The zero-order valence-electron chi connectivity index (χ0n) is 11.9. The number of sulfonamides is 1. The van der Waals surface area contributed by atoms with Gasteiger partial charge in [0.2, 0.25) is 10.0 Å². The van der Waals surface area contributed by atoms with E-state index in [0.717, 1.165) is 5.76 Å². The summed E-state index contributed by atoms with van der Waals surface area (Å²) in [5, 5.41) is 0. The minimum absolute atomic E-state index is 0.148. The molecule has 0 spiro atoms. The quantitative estimate of drug-likeness (QED) is 0.850. The Bertz CT molecular complexity index is 659. The summed E-state index contributed by atoms with van der Waals surface area (Å²) >= 11 is 0. The van der Waals surface area contributed by atoms with E-state index in [9.17, 15) is 8.42 Å². The Balaban J connectivity index is 2.33. The first-order valence-corrected chi connectivity index (χ1v) is 7.97. The van der Waals surface area contributed by atoms with Gasteiger partial charge in [0.1, 0.15) is 11.5 Å². The third kappa shape index (κ3) is 3.11. The first-order chi connectivity index (χ1) is 9.41. The van der Waals surface area contributed by atoms with Gasteiger partial charge in [0.25, 0.3) is 0 Å². The number of nitrogens with zero attached hydrogens (tertiary/aromatic N) is 1. The molecule has 0 atom stereocenters. The molecular weight excluding hydrogens is 274 g/mol. The van der Waals surface area contributed by atoms with Gasteiger partial charge >= 0.3 is 0 Å². The van der Waals surface area contributed by atoms with Gasteiger partial charge in [-0.05, 0) is 45.0 Å². The van der Waals surface area contributed by atoms with Crippen LogP contribution in [-0.4, -0.2) is 18.8 Å². The van der Waals surface area contributed by atoms with Gasteiger partial charge in [0, 0.05) is 6.04 Å². The molecule has 0 unspecified atom stereocenters. The summed E-state index contributed by atoms with van der Waals surface area (Å²) in [4.78, 5) is 0.303. The molecule has 108 valence electrons. The molecule has 0 aliphatic carbocycles. The lowest BCUT2D eigenvalue weighted by atomic mass is 10.3. The summed E-state index contributed by atoms with van der Waals surface area (Å²) in [6.45, 7) is 5.80. The molecule has 2 aromatic rings. The minimum Gasteiger partial charge on any atom is -0.465 e. The second-order valence-corrected chi connectivity index (χ2v) is 6.86. The number of furan rings is 1. The highest BCUT2D eigenvalue weighted by Crippen LogP contribution is 2.21. The topological polar surface area (TPSA) is 50.5 Å². The molecule has 0 radical (unpaired) electrons. The first-order valence-electron chi connectivity index (χ1n) is 6.53. The zero-order valence-corrected chi connectivity index (χ0v) is 12.7. The van der Waals surface area contributed by atoms with Crippen LogP contribution >= 0.6 is 0 Å². The highest BCUT2D eigenvalue weighted by Gasteiger charge is 2.27. The van der Waals surface area contributed by atoms with E-state index in [0.29, 0.717) is 10.7 Å². The number of hydrogen-bond donors (Lipinski definition) is 0. The Kier molecular flexibility index (Phi) is 4.30. The third-order valence-electron chi connectivity index (χ3n) is 3.03. The van der Waals surface area contributed by atoms with Crippen LogP contribution in [0.2, 0.25) is 0 Å². The fourth-order valence-corrected chi connectivity index (χ4v) is 3.62. The summed E-state index contributed by atoms with van der Waals surface area (Å²) in [6, 6.07) is 12.0. The molecule has 0 N–H and O–H groups in total. The predicted octanol–water partition coefficient (Wildman–Crippen LogP) is 3.19. The molecule has 5 heteroatoms. The first kappa shape index (κ1) is 14.8. The van der Waals surface area contributed by atoms with Crippen LogP contribution in [0.4, 0.5) is 0 Å². The van der Waals surface area contributed by atoms with Crippen LogP contribution in [0.3, 0.4) is 0 Å². The van der Waals surface area contributed by atoms with Crippen LogP contribution in [0, 0.1) is 6.92 Å². The van der Waals surface area contributed by atoms with E-state index in [4.69, 9.17) is 4.42 Å². The molecule has 0 saturated carbocycles. The Morgan fingerprint density at radius 2 is 1.75 bits per heavy atom. The van der Waals surface area contributed by atoms with Gasteiger partial charge in [-0.25, -0.2) is 8.42 Å². The molecule has 0 saturated heterocycles. The average molecular weight is 293 g/mol. The largest absolute Gasteiger partial charge is 0.465 e. The molecule has 1 aromatic heterocycles. The molecule has 1 heterocycles. The molecule has 1 aromatic carbocycles. The second kappa shape index (κ2) is 5.81. The Labute approximate surface area is 120 Å². The fraction of sp³-hybridized carbons (Fsp3) is 0.333. The smallest absolute Gasteiger partial charge is 0.243 e. The number of aryl methyl sites for hydroxylation is 1. The van der Waals surface area contributed by atoms with Crippen molar-refractivity contribution in [1.29, 1.82) is 0 Å². The molecular formula is C15H19NO3S. The summed E-state index contributed by atoms with van der Waals surface area (Å²) < 4.78 is 32.3. The van der Waals surface area contributed by atoms with Crippen molar-refractivity contribution in [3.05, 3.63) is 54.0 Å². The molecule has 0 amide bonds. The van der Waals surface area contributed by atoms with Crippen molar-refractivity contribution in [3.8, 4) is 0 Å². The lowest BCUT2D eigenvalue weighted by Crippen LogP contribution is -2.36. The third-order valence-corrected chi connectivity index (χ3v) is 5.07. The van der Waals surface area contributed by atoms with E-state index in [-0.39, 0.29) is 12.6 Å². The molecule has 0 bridgehead atoms. The summed E-state index contributed by atoms with van der Waals surface area (Å²) in [7, 11) is -3.52. The predicted molar refractivity (Wildman–Crippen MR) is 77.8 cm³/mol. The molecule has 0 aliphatic heterocycles. The fourth-order valence-electron chi connectivity index (χ4n) is 2.00. The van der Waals surface area contributed by atoms with Crippen molar-refractivity contribution in [2.75, 3.05) is 0 Å². The summed E-state index contributed by atoms with van der Waals surface area (Å²) in [6.07, 6.45) is 0. The number of benzene rings is 1. The van der Waals surface area contributed by atoms with Crippen LogP contribution < -0.4 is 0 Å². The summed E-state index contributed by atoms with van der Waals surface area (Å²) in [5.74, 6) is 1.43. The maximum Gasteiger partial charge on any atom is 0.243 e. The molecule has 4 nitrogen and oxygen atoms in total.